The number of aryl methyl sites for hydroxylation is 1. The van der Waals surface area contributed by atoms with Crippen LogP contribution < -0.4 is 5.32 Å². The van der Waals surface area contributed by atoms with E-state index in [1.807, 2.05) is 6.92 Å². The highest BCUT2D eigenvalue weighted by molar-refractivity contribution is 7.10. The van der Waals surface area contributed by atoms with Crippen molar-refractivity contribution in [2.24, 2.45) is 9.98 Å². The van der Waals surface area contributed by atoms with Gasteiger partial charge in [-0.3, -0.25) is 9.98 Å². The lowest BCUT2D eigenvalue weighted by Crippen LogP contribution is -2.18. The smallest absolute Gasteiger partial charge is 0.208 e. The van der Waals surface area contributed by atoms with E-state index in [2.05, 4.69) is 24.7 Å². The molecule has 0 atom stereocenters. The van der Waals surface area contributed by atoms with Crippen molar-refractivity contribution < 1.29 is 1.43 Å². The maximum atomic E-state index is 4.23. The molecule has 1 aromatic rings. The molecule has 0 aromatic carbocycles. The number of nitrogens with zero attached hydrogens (tertiary/aromatic N) is 4. The first kappa shape index (κ1) is 8.31. The molecule has 0 spiro atoms. The second kappa shape index (κ2) is 3.61. The molecule has 5 nitrogen and oxygen atoms in total. The van der Waals surface area contributed by atoms with Crippen LogP contribution in [0.3, 0.4) is 0 Å². The fraction of sp³-hybridized carbons (Fsp3) is 0.429. The third-order valence-electron chi connectivity index (χ3n) is 1.49. The number of rotatable bonds is 1. The molecule has 0 saturated heterocycles. The Morgan fingerprint density at radius 3 is 3.08 bits per heavy atom. The van der Waals surface area contributed by atoms with Crippen LogP contribution in [0.4, 0.5) is 5.13 Å². The van der Waals surface area contributed by atoms with Gasteiger partial charge in [-0.15, -0.1) is 0 Å². The van der Waals surface area contributed by atoms with Crippen molar-refractivity contribution in [3.8, 4) is 0 Å². The third-order valence-corrected chi connectivity index (χ3v) is 2.21. The Labute approximate surface area is 81.3 Å². The topological polar surface area (TPSA) is 62.5 Å². The molecule has 0 saturated carbocycles. The minimum absolute atomic E-state index is 0. The molecule has 0 radical (unpaired) electrons. The normalized spacial score (nSPS) is 15.6. The van der Waals surface area contributed by atoms with Gasteiger partial charge in [0.25, 0.3) is 0 Å². The zero-order valence-electron chi connectivity index (χ0n) is 7.19. The minimum atomic E-state index is 0. The van der Waals surface area contributed by atoms with Crippen molar-refractivity contribution in [3.63, 3.8) is 0 Å². The van der Waals surface area contributed by atoms with Crippen LogP contribution in [0.1, 0.15) is 7.25 Å². The van der Waals surface area contributed by atoms with E-state index in [0.717, 1.165) is 29.9 Å². The molecule has 6 heteroatoms. The predicted octanol–water partition coefficient (Wildman–Crippen LogP) is 0.987. The largest absolute Gasteiger partial charge is 0.314 e. The monoisotopic (exact) mass is 197 g/mol. The Hall–Kier alpha value is -1.30. The number of nitrogens with one attached hydrogen (secondary N) is 1. The van der Waals surface area contributed by atoms with E-state index in [9.17, 15) is 0 Å². The third kappa shape index (κ3) is 2.09. The zero-order chi connectivity index (χ0) is 9.10. The summed E-state index contributed by atoms with van der Waals surface area (Å²) in [5, 5.41) is 3.82. The first-order chi connectivity index (χ1) is 6.34. The maximum Gasteiger partial charge on any atom is 0.208 e. The van der Waals surface area contributed by atoms with E-state index in [0.29, 0.717) is 0 Å². The molecule has 1 aromatic heterocycles. The number of aromatic nitrogens is 2. The fourth-order valence-electron chi connectivity index (χ4n) is 0.949. The molecule has 13 heavy (non-hydrogen) atoms. The Balaban J connectivity index is 0.000000980. The van der Waals surface area contributed by atoms with Crippen LogP contribution in [0, 0.1) is 6.92 Å². The van der Waals surface area contributed by atoms with Crippen molar-refractivity contribution in [3.05, 3.63) is 5.82 Å². The Bertz CT molecular complexity index is 359. The lowest BCUT2D eigenvalue weighted by Gasteiger charge is -2.04. The molecule has 70 valence electrons. The molecule has 1 N–H and O–H groups in total. The minimum Gasteiger partial charge on any atom is -0.314 e. The van der Waals surface area contributed by atoms with Gasteiger partial charge >= 0.3 is 0 Å². The van der Waals surface area contributed by atoms with E-state index in [4.69, 9.17) is 0 Å². The van der Waals surface area contributed by atoms with Gasteiger partial charge in [-0.25, -0.2) is 4.98 Å². The van der Waals surface area contributed by atoms with Gasteiger partial charge in [-0.2, -0.15) is 4.37 Å². The summed E-state index contributed by atoms with van der Waals surface area (Å²) in [6.45, 7) is 3.38. The SMILES string of the molecule is Cc1nsc(NC2=NCCN=C2)n1.[HH]. The van der Waals surface area contributed by atoms with Gasteiger partial charge in [0.15, 0.2) is 0 Å². The summed E-state index contributed by atoms with van der Waals surface area (Å²) < 4.78 is 4.05. The number of anilines is 1. The predicted molar refractivity (Wildman–Crippen MR) is 56.0 cm³/mol. The number of aliphatic imine (C=N–C) groups is 2. The highest BCUT2D eigenvalue weighted by Crippen LogP contribution is 2.09. The molecule has 0 aliphatic carbocycles. The standard InChI is InChI=1S/C7H9N5S.H2/c1-5-10-7(13-12-5)11-6-4-8-2-3-9-6;/h4H,2-3H2,1H3,(H,9,10,11,12);1H. The number of hydrogen-bond donors (Lipinski definition) is 1. The second-order valence-corrected chi connectivity index (χ2v) is 3.33. The van der Waals surface area contributed by atoms with Crippen LogP contribution in [0.15, 0.2) is 9.98 Å². The summed E-state index contributed by atoms with van der Waals surface area (Å²) in [7, 11) is 0. The van der Waals surface area contributed by atoms with Crippen molar-refractivity contribution >= 4 is 28.7 Å². The molecule has 0 fully saturated rings. The molecule has 2 rings (SSSR count). The van der Waals surface area contributed by atoms with Gasteiger partial charge in [0.1, 0.15) is 11.7 Å². The van der Waals surface area contributed by atoms with E-state index >= 15 is 0 Å². The van der Waals surface area contributed by atoms with E-state index < -0.39 is 0 Å². The first-order valence-corrected chi connectivity index (χ1v) is 4.73. The highest BCUT2D eigenvalue weighted by Gasteiger charge is 2.03. The average molecular weight is 197 g/mol. The summed E-state index contributed by atoms with van der Waals surface area (Å²) in [5.74, 6) is 1.54. The lowest BCUT2D eigenvalue weighted by molar-refractivity contribution is 0.969. The van der Waals surface area contributed by atoms with Gasteiger partial charge < -0.3 is 5.32 Å². The Morgan fingerprint density at radius 1 is 1.54 bits per heavy atom. The van der Waals surface area contributed by atoms with Gasteiger partial charge in [0.05, 0.1) is 19.3 Å². The Kier molecular flexibility index (Phi) is 2.31. The summed E-state index contributed by atoms with van der Waals surface area (Å²) in [6.07, 6.45) is 1.72. The molecular weight excluding hydrogens is 186 g/mol. The van der Waals surface area contributed by atoms with Crippen molar-refractivity contribution in [2.45, 2.75) is 6.92 Å². The van der Waals surface area contributed by atoms with Crippen LogP contribution in [0.5, 0.6) is 0 Å². The summed E-state index contributed by atoms with van der Waals surface area (Å²) >= 11 is 1.33. The quantitative estimate of drug-likeness (QED) is 0.730. The lowest BCUT2D eigenvalue weighted by atomic mass is 10.5. The molecule has 1 aliphatic heterocycles. The van der Waals surface area contributed by atoms with Crippen molar-refractivity contribution in [1.82, 2.24) is 9.36 Å². The molecule has 0 unspecified atom stereocenters. The second-order valence-electron chi connectivity index (χ2n) is 2.57. The highest BCUT2D eigenvalue weighted by atomic mass is 32.1. The zero-order valence-corrected chi connectivity index (χ0v) is 8.01. The van der Waals surface area contributed by atoms with Crippen molar-refractivity contribution in [2.75, 3.05) is 18.4 Å². The number of hydrogen-bond acceptors (Lipinski definition) is 6. The van der Waals surface area contributed by atoms with E-state index in [1.54, 1.807) is 6.21 Å². The van der Waals surface area contributed by atoms with Crippen LogP contribution in [-0.4, -0.2) is 34.5 Å². The molecule has 0 amide bonds. The van der Waals surface area contributed by atoms with Crippen LogP contribution in [0.25, 0.3) is 0 Å². The fourth-order valence-corrected chi connectivity index (χ4v) is 1.53. The van der Waals surface area contributed by atoms with E-state index in [1.165, 1.54) is 11.5 Å². The average Bonchev–Trinajstić information content (AvgIpc) is 2.53. The van der Waals surface area contributed by atoms with Crippen LogP contribution >= 0.6 is 11.5 Å². The molecule has 0 bridgehead atoms. The van der Waals surface area contributed by atoms with Gasteiger partial charge in [-0.05, 0) is 6.92 Å². The molecule has 1 aliphatic rings. The first-order valence-electron chi connectivity index (χ1n) is 3.96. The van der Waals surface area contributed by atoms with Crippen molar-refractivity contribution in [1.29, 1.82) is 0 Å². The van der Waals surface area contributed by atoms with Gasteiger partial charge in [-0.1, -0.05) is 0 Å². The Morgan fingerprint density at radius 2 is 2.46 bits per heavy atom. The number of amidine groups is 1. The molecule has 2 heterocycles. The maximum absolute atomic E-state index is 4.23. The summed E-state index contributed by atoms with van der Waals surface area (Å²) in [4.78, 5) is 12.5. The van der Waals surface area contributed by atoms with Gasteiger partial charge in [0.2, 0.25) is 5.13 Å². The van der Waals surface area contributed by atoms with Crippen LogP contribution in [-0.2, 0) is 0 Å². The summed E-state index contributed by atoms with van der Waals surface area (Å²) in [5.41, 5.74) is 0. The van der Waals surface area contributed by atoms with Crippen LogP contribution in [0.2, 0.25) is 0 Å². The van der Waals surface area contributed by atoms with E-state index in [-0.39, 0.29) is 1.43 Å². The summed E-state index contributed by atoms with van der Waals surface area (Å²) in [6, 6.07) is 0. The van der Waals surface area contributed by atoms with Gasteiger partial charge in [0, 0.05) is 13.0 Å². The molecular formula is C7H11N5S.